The highest BCUT2D eigenvalue weighted by atomic mass is 16.4. The lowest BCUT2D eigenvalue weighted by Gasteiger charge is -2.03. The normalized spacial score (nSPS) is 12.7. The van der Waals surface area contributed by atoms with Crippen molar-refractivity contribution in [3.05, 3.63) is 60.4 Å². The van der Waals surface area contributed by atoms with E-state index in [4.69, 9.17) is 4.42 Å². The summed E-state index contributed by atoms with van der Waals surface area (Å²) >= 11 is 0. The quantitative estimate of drug-likeness (QED) is 0.742. The molecule has 3 aromatic rings. The van der Waals surface area contributed by atoms with Crippen LogP contribution in [0.15, 0.2) is 59.0 Å². The molecule has 0 radical (unpaired) electrons. The summed E-state index contributed by atoms with van der Waals surface area (Å²) in [5, 5.41) is 10.9. The molecular formula is C17H16O2. The summed E-state index contributed by atoms with van der Waals surface area (Å²) in [6.07, 6.45) is 0.122. The molecule has 1 N–H and O–H groups in total. The van der Waals surface area contributed by atoms with Gasteiger partial charge >= 0.3 is 0 Å². The van der Waals surface area contributed by atoms with Crippen LogP contribution >= 0.6 is 0 Å². The van der Waals surface area contributed by atoms with E-state index in [0.717, 1.165) is 22.1 Å². The maximum Gasteiger partial charge on any atom is 0.142 e. The molecule has 2 nitrogen and oxygen atoms in total. The van der Waals surface area contributed by atoms with E-state index in [1.54, 1.807) is 0 Å². The largest absolute Gasteiger partial charge is 0.458 e. The number of hydrogen-bond donors (Lipinski definition) is 1. The van der Waals surface area contributed by atoms with Crippen molar-refractivity contribution in [3.8, 4) is 11.1 Å². The van der Waals surface area contributed by atoms with Crippen molar-refractivity contribution >= 4 is 11.0 Å². The minimum atomic E-state index is -0.531. The van der Waals surface area contributed by atoms with E-state index in [0.29, 0.717) is 12.2 Å². The van der Waals surface area contributed by atoms with Crippen LogP contribution in [-0.2, 0) is 0 Å². The van der Waals surface area contributed by atoms with Gasteiger partial charge in [-0.25, -0.2) is 0 Å². The van der Waals surface area contributed by atoms with Crippen LogP contribution in [0.2, 0.25) is 0 Å². The van der Waals surface area contributed by atoms with Crippen molar-refractivity contribution < 1.29 is 9.52 Å². The Hall–Kier alpha value is -2.06. The second-order valence-electron chi connectivity index (χ2n) is 4.66. The van der Waals surface area contributed by atoms with Gasteiger partial charge in [-0.05, 0) is 18.1 Å². The van der Waals surface area contributed by atoms with Crippen molar-refractivity contribution in [3.63, 3.8) is 0 Å². The summed E-state index contributed by atoms with van der Waals surface area (Å²) in [4.78, 5) is 0. The average molecular weight is 252 g/mol. The molecule has 0 aliphatic rings. The van der Waals surface area contributed by atoms with E-state index in [9.17, 15) is 5.11 Å². The molecule has 2 heteroatoms. The summed E-state index contributed by atoms with van der Waals surface area (Å²) in [7, 11) is 0. The van der Waals surface area contributed by atoms with Crippen LogP contribution in [0, 0.1) is 0 Å². The van der Waals surface area contributed by atoms with Gasteiger partial charge in [0.25, 0.3) is 0 Å². The van der Waals surface area contributed by atoms with Crippen molar-refractivity contribution in [1.29, 1.82) is 0 Å². The number of furan rings is 1. The molecule has 0 fully saturated rings. The van der Waals surface area contributed by atoms with Crippen LogP contribution in [0.25, 0.3) is 22.1 Å². The number of benzene rings is 2. The molecule has 0 saturated heterocycles. The first-order valence-corrected chi connectivity index (χ1v) is 6.55. The third-order valence-corrected chi connectivity index (χ3v) is 3.36. The van der Waals surface area contributed by atoms with Gasteiger partial charge in [0.15, 0.2) is 0 Å². The molecule has 1 atom stereocenters. The molecule has 1 aromatic heterocycles. The fraction of sp³-hybridized carbons (Fsp3) is 0.176. The van der Waals surface area contributed by atoms with E-state index in [2.05, 4.69) is 12.1 Å². The van der Waals surface area contributed by atoms with Crippen molar-refractivity contribution in [2.24, 2.45) is 0 Å². The summed E-state index contributed by atoms with van der Waals surface area (Å²) < 4.78 is 5.86. The molecule has 2 aromatic carbocycles. The lowest BCUT2D eigenvalue weighted by atomic mass is 10.0. The molecule has 1 unspecified atom stereocenters. The molecule has 0 saturated carbocycles. The Morgan fingerprint density at radius 2 is 1.84 bits per heavy atom. The first-order valence-electron chi connectivity index (χ1n) is 6.55. The maximum absolute atomic E-state index is 9.90. The Kier molecular flexibility index (Phi) is 3.10. The van der Waals surface area contributed by atoms with Crippen LogP contribution in [-0.4, -0.2) is 5.11 Å². The SMILES string of the molecule is CCC(O)c1cc2cccc(-c3ccccc3)c2o1. The van der Waals surface area contributed by atoms with Gasteiger partial charge in [-0.15, -0.1) is 0 Å². The molecular weight excluding hydrogens is 236 g/mol. The standard InChI is InChI=1S/C17H16O2/c1-2-15(18)16-11-13-9-6-10-14(17(13)19-16)12-7-4-3-5-8-12/h3-11,15,18H,2H2,1H3. The van der Waals surface area contributed by atoms with Gasteiger partial charge in [-0.3, -0.25) is 0 Å². The van der Waals surface area contributed by atoms with E-state index >= 15 is 0 Å². The fourth-order valence-corrected chi connectivity index (χ4v) is 2.29. The van der Waals surface area contributed by atoms with E-state index < -0.39 is 6.10 Å². The minimum absolute atomic E-state index is 0.531. The number of hydrogen-bond acceptors (Lipinski definition) is 2. The predicted molar refractivity (Wildman–Crippen MR) is 76.9 cm³/mol. The lowest BCUT2D eigenvalue weighted by molar-refractivity contribution is 0.148. The van der Waals surface area contributed by atoms with Crippen LogP contribution in [0.5, 0.6) is 0 Å². The Bertz CT molecular complexity index is 683. The molecule has 0 bridgehead atoms. The zero-order valence-corrected chi connectivity index (χ0v) is 10.8. The predicted octanol–water partition coefficient (Wildman–Crippen LogP) is 4.54. The van der Waals surface area contributed by atoms with Crippen LogP contribution in [0.1, 0.15) is 25.2 Å². The molecule has 0 aliphatic carbocycles. The van der Waals surface area contributed by atoms with Crippen molar-refractivity contribution in [1.82, 2.24) is 0 Å². The zero-order valence-electron chi connectivity index (χ0n) is 10.8. The molecule has 0 spiro atoms. The summed E-state index contributed by atoms with van der Waals surface area (Å²) in [5.74, 6) is 0.640. The molecule has 3 rings (SSSR count). The van der Waals surface area contributed by atoms with Gasteiger partial charge in [0, 0.05) is 10.9 Å². The number of rotatable bonds is 3. The Morgan fingerprint density at radius 3 is 2.58 bits per heavy atom. The van der Waals surface area contributed by atoms with Crippen LogP contribution in [0.3, 0.4) is 0 Å². The van der Waals surface area contributed by atoms with Crippen molar-refractivity contribution in [2.45, 2.75) is 19.4 Å². The first kappa shape index (κ1) is 12.0. The summed E-state index contributed by atoms with van der Waals surface area (Å²) in [5.41, 5.74) is 3.03. The van der Waals surface area contributed by atoms with E-state index in [-0.39, 0.29) is 0 Å². The van der Waals surface area contributed by atoms with Gasteiger partial charge in [0.2, 0.25) is 0 Å². The monoisotopic (exact) mass is 252 g/mol. The fourth-order valence-electron chi connectivity index (χ4n) is 2.29. The van der Waals surface area contributed by atoms with Gasteiger partial charge in [0.05, 0.1) is 0 Å². The van der Waals surface area contributed by atoms with Crippen LogP contribution < -0.4 is 0 Å². The molecule has 19 heavy (non-hydrogen) atoms. The van der Waals surface area contributed by atoms with Crippen LogP contribution in [0.4, 0.5) is 0 Å². The second-order valence-corrected chi connectivity index (χ2v) is 4.66. The lowest BCUT2D eigenvalue weighted by Crippen LogP contribution is -1.91. The van der Waals surface area contributed by atoms with Crippen molar-refractivity contribution in [2.75, 3.05) is 0 Å². The third-order valence-electron chi connectivity index (χ3n) is 3.36. The van der Waals surface area contributed by atoms with E-state index in [1.807, 2.05) is 49.4 Å². The molecule has 0 amide bonds. The number of aliphatic hydroxyl groups is 1. The highest BCUT2D eigenvalue weighted by molar-refractivity contribution is 5.92. The summed E-state index contributed by atoms with van der Waals surface area (Å²) in [6, 6.07) is 18.1. The number of fused-ring (bicyclic) bond motifs is 1. The molecule has 96 valence electrons. The molecule has 1 heterocycles. The summed E-state index contributed by atoms with van der Waals surface area (Å²) in [6.45, 7) is 1.94. The van der Waals surface area contributed by atoms with E-state index in [1.165, 1.54) is 0 Å². The number of para-hydroxylation sites is 1. The highest BCUT2D eigenvalue weighted by Gasteiger charge is 2.14. The highest BCUT2D eigenvalue weighted by Crippen LogP contribution is 2.33. The third kappa shape index (κ3) is 2.15. The molecule has 0 aliphatic heterocycles. The van der Waals surface area contributed by atoms with Gasteiger partial charge < -0.3 is 9.52 Å². The topological polar surface area (TPSA) is 33.4 Å². The Balaban J connectivity index is 2.18. The maximum atomic E-state index is 9.90. The number of aliphatic hydroxyl groups excluding tert-OH is 1. The Labute approximate surface area is 112 Å². The first-order chi connectivity index (χ1) is 9.29. The average Bonchev–Trinajstić information content (AvgIpc) is 2.91. The minimum Gasteiger partial charge on any atom is -0.458 e. The smallest absolute Gasteiger partial charge is 0.142 e. The van der Waals surface area contributed by atoms with Gasteiger partial charge in [0.1, 0.15) is 17.4 Å². The van der Waals surface area contributed by atoms with Gasteiger partial charge in [-0.2, -0.15) is 0 Å². The second kappa shape index (κ2) is 4.90. The Morgan fingerprint density at radius 1 is 1.05 bits per heavy atom. The zero-order chi connectivity index (χ0) is 13.2. The van der Waals surface area contributed by atoms with Gasteiger partial charge in [-0.1, -0.05) is 55.5 Å².